The van der Waals surface area contributed by atoms with E-state index in [1.807, 2.05) is 0 Å². The summed E-state index contributed by atoms with van der Waals surface area (Å²) in [7, 11) is 0. The predicted octanol–water partition coefficient (Wildman–Crippen LogP) is 3.64. The first-order chi connectivity index (χ1) is 11.2. The number of hydrogen-bond acceptors (Lipinski definition) is 4. The van der Waals surface area contributed by atoms with E-state index >= 15 is 0 Å². The maximum absolute atomic E-state index is 11.7. The summed E-state index contributed by atoms with van der Waals surface area (Å²) in [6.45, 7) is 11.5. The first-order valence-corrected chi connectivity index (χ1v) is 9.45. The molecule has 0 aromatic heterocycles. The van der Waals surface area contributed by atoms with Crippen LogP contribution in [0.2, 0.25) is 0 Å². The van der Waals surface area contributed by atoms with Crippen LogP contribution >= 0.6 is 0 Å². The summed E-state index contributed by atoms with van der Waals surface area (Å²) in [6.07, 6.45) is 4.72. The lowest BCUT2D eigenvalue weighted by atomic mass is 9.59. The summed E-state index contributed by atoms with van der Waals surface area (Å²) >= 11 is 0. The van der Waals surface area contributed by atoms with E-state index in [9.17, 15) is 9.90 Å². The smallest absolute Gasteiger partial charge is 0.308 e. The van der Waals surface area contributed by atoms with Crippen molar-refractivity contribution in [1.29, 1.82) is 0 Å². The zero-order chi connectivity index (χ0) is 17.3. The van der Waals surface area contributed by atoms with E-state index in [-0.39, 0.29) is 23.2 Å². The lowest BCUT2D eigenvalue weighted by molar-refractivity contribution is -0.196. The molecule has 4 aliphatic rings. The van der Waals surface area contributed by atoms with Gasteiger partial charge in [0, 0.05) is 11.8 Å². The van der Waals surface area contributed by atoms with Crippen molar-refractivity contribution in [3.63, 3.8) is 0 Å². The third-order valence-electron chi connectivity index (χ3n) is 7.67. The third-order valence-corrected chi connectivity index (χ3v) is 7.67. The highest BCUT2D eigenvalue weighted by Crippen LogP contribution is 2.65. The Balaban J connectivity index is 1.71. The Morgan fingerprint density at radius 2 is 2.00 bits per heavy atom. The molecule has 4 rings (SSSR count). The number of rotatable bonds is 1. The first kappa shape index (κ1) is 16.6. The molecule has 24 heavy (non-hydrogen) atoms. The van der Waals surface area contributed by atoms with Gasteiger partial charge in [0.25, 0.3) is 0 Å². The molecule has 4 nitrogen and oxygen atoms in total. The van der Waals surface area contributed by atoms with Crippen LogP contribution in [-0.2, 0) is 14.3 Å². The standard InChI is InChI=1S/C20H30O4/c1-11-6-5-8-19(2,3)13-7-9-20(4,15(11)13)16-12-10-14(21)23-18(12)24-17(16)22/h12-13,15-18,22H,1,5-10H2,2-4H3/t12-,13?,15?,16?,17-,18+,20-/m1/s1. The Hall–Kier alpha value is -0.870. The SMILES string of the molecule is C=C1CCCC(C)(C)C2CC[C@@](C)(C3[C@H](O)O[C@@H]4OC(=O)C[C@H]34)C12. The second kappa shape index (κ2) is 5.31. The molecular weight excluding hydrogens is 304 g/mol. The molecule has 0 bridgehead atoms. The molecule has 0 spiro atoms. The number of ether oxygens (including phenoxy) is 2. The summed E-state index contributed by atoms with van der Waals surface area (Å²) in [6, 6.07) is 0. The minimum atomic E-state index is -0.837. The average molecular weight is 334 g/mol. The molecule has 4 heteroatoms. The minimum Gasteiger partial charge on any atom is -0.435 e. The second-order valence-corrected chi connectivity index (χ2v) is 9.41. The molecule has 1 N–H and O–H groups in total. The van der Waals surface area contributed by atoms with Gasteiger partial charge in [-0.2, -0.15) is 0 Å². The van der Waals surface area contributed by atoms with E-state index in [4.69, 9.17) is 9.47 Å². The molecule has 2 heterocycles. The number of aliphatic hydroxyl groups is 1. The van der Waals surface area contributed by atoms with Gasteiger partial charge in [-0.25, -0.2) is 0 Å². The van der Waals surface area contributed by atoms with Crippen molar-refractivity contribution < 1.29 is 19.4 Å². The Morgan fingerprint density at radius 3 is 2.75 bits per heavy atom. The van der Waals surface area contributed by atoms with Gasteiger partial charge in [-0.1, -0.05) is 32.9 Å². The summed E-state index contributed by atoms with van der Waals surface area (Å²) in [5.74, 6) is 0.736. The van der Waals surface area contributed by atoms with Crippen LogP contribution in [0.15, 0.2) is 12.2 Å². The van der Waals surface area contributed by atoms with Gasteiger partial charge in [0.1, 0.15) is 0 Å². The fraction of sp³-hybridized carbons (Fsp3) is 0.850. The Kier molecular flexibility index (Phi) is 3.67. The zero-order valence-corrected chi connectivity index (χ0v) is 15.1. The third kappa shape index (κ3) is 2.22. The van der Waals surface area contributed by atoms with Crippen molar-refractivity contribution in [2.24, 2.45) is 34.5 Å². The minimum absolute atomic E-state index is 0.0181. The van der Waals surface area contributed by atoms with Crippen LogP contribution in [0.5, 0.6) is 0 Å². The largest absolute Gasteiger partial charge is 0.435 e. The van der Waals surface area contributed by atoms with E-state index in [1.54, 1.807) is 0 Å². The molecule has 0 aromatic rings. The molecule has 134 valence electrons. The van der Waals surface area contributed by atoms with E-state index in [2.05, 4.69) is 27.4 Å². The lowest BCUT2D eigenvalue weighted by Gasteiger charge is -2.44. The van der Waals surface area contributed by atoms with Crippen LogP contribution in [0.3, 0.4) is 0 Å². The van der Waals surface area contributed by atoms with E-state index in [0.717, 1.165) is 12.8 Å². The molecule has 0 aromatic carbocycles. The van der Waals surface area contributed by atoms with Gasteiger partial charge < -0.3 is 14.6 Å². The summed E-state index contributed by atoms with van der Waals surface area (Å²) in [4.78, 5) is 11.7. The highest BCUT2D eigenvalue weighted by molar-refractivity contribution is 5.72. The van der Waals surface area contributed by atoms with Crippen LogP contribution in [-0.4, -0.2) is 23.7 Å². The number of carbonyl (C=O) groups is 1. The fourth-order valence-corrected chi connectivity index (χ4v) is 6.55. The van der Waals surface area contributed by atoms with Crippen LogP contribution in [0.1, 0.15) is 59.3 Å². The number of fused-ring (bicyclic) bond motifs is 2. The molecule has 2 aliphatic heterocycles. The molecule has 2 saturated carbocycles. The molecule has 2 aliphatic carbocycles. The van der Waals surface area contributed by atoms with E-state index < -0.39 is 12.6 Å². The molecule has 4 fully saturated rings. The number of allylic oxidation sites excluding steroid dienone is 1. The van der Waals surface area contributed by atoms with E-state index in [1.165, 1.54) is 24.8 Å². The highest BCUT2D eigenvalue weighted by Gasteiger charge is 2.63. The lowest BCUT2D eigenvalue weighted by Crippen LogP contribution is -2.43. The van der Waals surface area contributed by atoms with Crippen molar-refractivity contribution >= 4 is 5.97 Å². The highest BCUT2D eigenvalue weighted by atomic mass is 16.8. The van der Waals surface area contributed by atoms with E-state index in [0.29, 0.717) is 23.7 Å². The Labute approximate surface area is 144 Å². The van der Waals surface area contributed by atoms with Gasteiger partial charge in [0.05, 0.1) is 6.42 Å². The summed E-state index contributed by atoms with van der Waals surface area (Å²) in [5, 5.41) is 10.6. The molecule has 7 atom stereocenters. The number of esters is 1. The van der Waals surface area contributed by atoms with Gasteiger partial charge in [0.15, 0.2) is 6.29 Å². The number of aliphatic hydroxyl groups excluding tert-OH is 1. The number of hydrogen-bond donors (Lipinski definition) is 1. The van der Waals surface area contributed by atoms with Crippen molar-refractivity contribution in [2.45, 2.75) is 71.9 Å². The normalized spacial score (nSPS) is 50.3. The molecular formula is C20H30O4. The molecule has 0 amide bonds. The Bertz CT molecular complexity index is 568. The van der Waals surface area contributed by atoms with Crippen LogP contribution in [0.25, 0.3) is 0 Å². The quantitative estimate of drug-likeness (QED) is 0.587. The fourth-order valence-electron chi connectivity index (χ4n) is 6.55. The number of carbonyl (C=O) groups excluding carboxylic acids is 1. The van der Waals surface area contributed by atoms with Crippen LogP contribution in [0, 0.1) is 34.5 Å². The molecule has 0 radical (unpaired) electrons. The van der Waals surface area contributed by atoms with Gasteiger partial charge >= 0.3 is 5.97 Å². The summed E-state index contributed by atoms with van der Waals surface area (Å²) in [5.41, 5.74) is 1.57. The Morgan fingerprint density at radius 1 is 1.25 bits per heavy atom. The molecule has 3 unspecified atom stereocenters. The van der Waals surface area contributed by atoms with Crippen molar-refractivity contribution in [2.75, 3.05) is 0 Å². The average Bonchev–Trinajstić information content (AvgIpc) is 3.05. The maximum atomic E-state index is 11.7. The van der Waals surface area contributed by atoms with Crippen molar-refractivity contribution in [3.05, 3.63) is 12.2 Å². The van der Waals surface area contributed by atoms with Crippen LogP contribution in [0.4, 0.5) is 0 Å². The monoisotopic (exact) mass is 334 g/mol. The zero-order valence-electron chi connectivity index (χ0n) is 15.1. The van der Waals surface area contributed by atoms with Crippen LogP contribution < -0.4 is 0 Å². The van der Waals surface area contributed by atoms with Crippen molar-refractivity contribution in [3.8, 4) is 0 Å². The maximum Gasteiger partial charge on any atom is 0.308 e. The van der Waals surface area contributed by atoms with Gasteiger partial charge in [-0.3, -0.25) is 4.79 Å². The first-order valence-electron chi connectivity index (χ1n) is 9.45. The topological polar surface area (TPSA) is 55.8 Å². The molecule has 2 saturated heterocycles. The van der Waals surface area contributed by atoms with Gasteiger partial charge in [-0.15, -0.1) is 0 Å². The predicted molar refractivity (Wildman–Crippen MR) is 89.7 cm³/mol. The van der Waals surface area contributed by atoms with Gasteiger partial charge in [-0.05, 0) is 54.8 Å². The van der Waals surface area contributed by atoms with Gasteiger partial charge in [0.2, 0.25) is 6.29 Å². The summed E-state index contributed by atoms with van der Waals surface area (Å²) < 4.78 is 10.9. The van der Waals surface area contributed by atoms with Crippen molar-refractivity contribution in [1.82, 2.24) is 0 Å². The second-order valence-electron chi connectivity index (χ2n) is 9.41.